The highest BCUT2D eigenvalue weighted by atomic mass is 127. The zero-order valence-corrected chi connectivity index (χ0v) is 20.9. The summed E-state index contributed by atoms with van der Waals surface area (Å²) in [6, 6.07) is 12.1. The third-order valence-electron chi connectivity index (χ3n) is 5.51. The van der Waals surface area contributed by atoms with Gasteiger partial charge in [-0.3, -0.25) is 4.79 Å². The minimum absolute atomic E-state index is 0. The first-order chi connectivity index (χ1) is 15.2. The number of benzene rings is 1. The van der Waals surface area contributed by atoms with Crippen LogP contribution in [0.5, 0.6) is 5.88 Å². The molecule has 0 spiro atoms. The molecule has 1 amide bonds. The number of rotatable bonds is 9. The predicted molar refractivity (Wildman–Crippen MR) is 138 cm³/mol. The van der Waals surface area contributed by atoms with E-state index < -0.39 is 0 Å². The van der Waals surface area contributed by atoms with Crippen LogP contribution < -0.4 is 20.3 Å². The number of amides is 1. The first-order valence-corrected chi connectivity index (χ1v) is 11.2. The second-order valence-corrected chi connectivity index (χ2v) is 8.12. The molecule has 0 atom stereocenters. The third kappa shape index (κ3) is 7.08. The van der Waals surface area contributed by atoms with Crippen molar-refractivity contribution in [2.24, 2.45) is 10.9 Å². The van der Waals surface area contributed by atoms with Gasteiger partial charge in [-0.1, -0.05) is 18.2 Å². The van der Waals surface area contributed by atoms with Gasteiger partial charge in [0.15, 0.2) is 5.96 Å². The second kappa shape index (κ2) is 12.0. The molecule has 0 unspecified atom stereocenters. The fraction of sp³-hybridized carbons (Fsp3) is 0.458. The van der Waals surface area contributed by atoms with Gasteiger partial charge in [-0.25, -0.2) is 9.98 Å². The lowest BCUT2D eigenvalue weighted by Gasteiger charge is -2.16. The van der Waals surface area contributed by atoms with Crippen molar-refractivity contribution in [3.05, 3.63) is 53.7 Å². The van der Waals surface area contributed by atoms with E-state index in [-0.39, 0.29) is 29.9 Å². The van der Waals surface area contributed by atoms with Crippen molar-refractivity contribution in [3.63, 3.8) is 0 Å². The van der Waals surface area contributed by atoms with Crippen molar-refractivity contribution in [2.75, 3.05) is 24.6 Å². The van der Waals surface area contributed by atoms with Gasteiger partial charge in [0.1, 0.15) is 0 Å². The first-order valence-electron chi connectivity index (χ1n) is 11.2. The van der Waals surface area contributed by atoms with Crippen LogP contribution in [-0.2, 0) is 17.9 Å². The molecule has 2 aromatic rings. The summed E-state index contributed by atoms with van der Waals surface area (Å²) in [4.78, 5) is 22.8. The minimum Gasteiger partial charge on any atom is -0.477 e. The van der Waals surface area contributed by atoms with E-state index in [2.05, 4.69) is 32.7 Å². The lowest BCUT2D eigenvalue weighted by molar-refractivity contribution is -0.117. The monoisotopic (exact) mass is 549 g/mol. The summed E-state index contributed by atoms with van der Waals surface area (Å²) in [5.41, 5.74) is 3.15. The zero-order chi connectivity index (χ0) is 21.5. The maximum atomic E-state index is 11.9. The quantitative estimate of drug-likeness (QED) is 0.282. The number of carbonyl (C=O) groups excluding carboxylic acids is 1. The SMILES string of the molecule is CCNC(=NCc1ccc(OCC2CC2)nc1)NCc1ccc(N2CCCC2=O)cc1.I. The van der Waals surface area contributed by atoms with E-state index >= 15 is 0 Å². The molecule has 1 aromatic heterocycles. The van der Waals surface area contributed by atoms with E-state index in [9.17, 15) is 4.79 Å². The number of nitrogens with zero attached hydrogens (tertiary/aromatic N) is 3. The number of guanidine groups is 1. The van der Waals surface area contributed by atoms with E-state index in [0.717, 1.165) is 54.8 Å². The number of pyridine rings is 1. The molecular formula is C24H32IN5O2. The molecule has 0 bridgehead atoms. The van der Waals surface area contributed by atoms with Crippen LogP contribution in [0.25, 0.3) is 0 Å². The number of hydrogen-bond donors (Lipinski definition) is 2. The highest BCUT2D eigenvalue weighted by molar-refractivity contribution is 14.0. The average molecular weight is 549 g/mol. The van der Waals surface area contributed by atoms with Crippen molar-refractivity contribution < 1.29 is 9.53 Å². The van der Waals surface area contributed by atoms with Crippen LogP contribution in [0.4, 0.5) is 5.69 Å². The molecule has 4 rings (SSSR count). The van der Waals surface area contributed by atoms with Crippen LogP contribution >= 0.6 is 24.0 Å². The molecule has 32 heavy (non-hydrogen) atoms. The number of aliphatic imine (C=N–C) groups is 1. The molecule has 1 aromatic carbocycles. The Hall–Kier alpha value is -2.36. The molecule has 1 aliphatic heterocycles. The highest BCUT2D eigenvalue weighted by Gasteiger charge is 2.22. The topological polar surface area (TPSA) is 78.9 Å². The summed E-state index contributed by atoms with van der Waals surface area (Å²) in [7, 11) is 0. The number of carbonyl (C=O) groups is 1. The van der Waals surface area contributed by atoms with Crippen molar-refractivity contribution >= 4 is 41.5 Å². The number of ether oxygens (including phenoxy) is 1. The van der Waals surface area contributed by atoms with Crippen LogP contribution in [0.3, 0.4) is 0 Å². The Morgan fingerprint density at radius 2 is 1.94 bits per heavy atom. The van der Waals surface area contributed by atoms with E-state index in [1.54, 1.807) is 0 Å². The smallest absolute Gasteiger partial charge is 0.227 e. The van der Waals surface area contributed by atoms with Crippen molar-refractivity contribution in [2.45, 2.75) is 45.7 Å². The normalized spacial score (nSPS) is 16.0. The Labute approximate surface area is 207 Å². The molecule has 2 N–H and O–H groups in total. The Bertz CT molecular complexity index is 898. The molecule has 1 saturated heterocycles. The zero-order valence-electron chi connectivity index (χ0n) is 18.5. The summed E-state index contributed by atoms with van der Waals surface area (Å²) >= 11 is 0. The van der Waals surface area contributed by atoms with Gasteiger partial charge < -0.3 is 20.3 Å². The van der Waals surface area contributed by atoms with Gasteiger partial charge in [0.25, 0.3) is 0 Å². The maximum absolute atomic E-state index is 11.9. The lowest BCUT2D eigenvalue weighted by Crippen LogP contribution is -2.36. The van der Waals surface area contributed by atoms with Crippen molar-refractivity contribution in [1.82, 2.24) is 15.6 Å². The van der Waals surface area contributed by atoms with Crippen LogP contribution in [0.1, 0.15) is 43.7 Å². The number of hydrogen-bond acceptors (Lipinski definition) is 4. The fourth-order valence-corrected chi connectivity index (χ4v) is 3.49. The Balaban J connectivity index is 0.00000289. The van der Waals surface area contributed by atoms with Gasteiger partial charge in [0.05, 0.1) is 13.2 Å². The molecule has 7 nitrogen and oxygen atoms in total. The molecule has 1 saturated carbocycles. The fourth-order valence-electron chi connectivity index (χ4n) is 3.49. The molecule has 8 heteroatoms. The van der Waals surface area contributed by atoms with Crippen LogP contribution in [-0.4, -0.2) is 36.5 Å². The average Bonchev–Trinajstić information content (AvgIpc) is 3.54. The molecule has 2 aliphatic rings. The van der Waals surface area contributed by atoms with Gasteiger partial charge in [-0.2, -0.15) is 0 Å². The maximum Gasteiger partial charge on any atom is 0.227 e. The minimum atomic E-state index is 0. The highest BCUT2D eigenvalue weighted by Crippen LogP contribution is 2.29. The van der Waals surface area contributed by atoms with Crippen LogP contribution in [0, 0.1) is 5.92 Å². The molecule has 1 aliphatic carbocycles. The van der Waals surface area contributed by atoms with E-state index in [1.807, 2.05) is 42.3 Å². The predicted octanol–water partition coefficient (Wildman–Crippen LogP) is 3.87. The van der Waals surface area contributed by atoms with Crippen LogP contribution in [0.15, 0.2) is 47.6 Å². The molecule has 2 fully saturated rings. The Morgan fingerprint density at radius 3 is 2.56 bits per heavy atom. The van der Waals surface area contributed by atoms with Crippen molar-refractivity contribution in [3.8, 4) is 5.88 Å². The number of nitrogens with one attached hydrogen (secondary N) is 2. The summed E-state index contributed by atoms with van der Waals surface area (Å²) in [5.74, 6) is 2.38. The molecule has 2 heterocycles. The third-order valence-corrected chi connectivity index (χ3v) is 5.51. The second-order valence-electron chi connectivity index (χ2n) is 8.12. The molecule has 172 valence electrons. The Morgan fingerprint density at radius 1 is 1.16 bits per heavy atom. The van der Waals surface area contributed by atoms with Gasteiger partial charge in [0, 0.05) is 44.0 Å². The summed E-state index contributed by atoms with van der Waals surface area (Å²) in [6.45, 7) is 5.62. The first kappa shape index (κ1) is 24.3. The summed E-state index contributed by atoms with van der Waals surface area (Å²) in [6.07, 6.45) is 5.96. The van der Waals surface area contributed by atoms with E-state index in [1.165, 1.54) is 12.8 Å². The summed E-state index contributed by atoms with van der Waals surface area (Å²) in [5, 5.41) is 6.65. The largest absolute Gasteiger partial charge is 0.477 e. The van der Waals surface area contributed by atoms with Gasteiger partial charge >= 0.3 is 0 Å². The van der Waals surface area contributed by atoms with Gasteiger partial charge in [-0.15, -0.1) is 24.0 Å². The van der Waals surface area contributed by atoms with E-state index in [0.29, 0.717) is 25.4 Å². The number of anilines is 1. The van der Waals surface area contributed by atoms with Gasteiger partial charge in [-0.05, 0) is 55.4 Å². The summed E-state index contributed by atoms with van der Waals surface area (Å²) < 4.78 is 5.69. The van der Waals surface area contributed by atoms with E-state index in [4.69, 9.17) is 4.74 Å². The molecular weight excluding hydrogens is 517 g/mol. The number of aromatic nitrogens is 1. The lowest BCUT2D eigenvalue weighted by atomic mass is 10.2. The molecule has 0 radical (unpaired) electrons. The van der Waals surface area contributed by atoms with Gasteiger partial charge in [0.2, 0.25) is 11.8 Å². The van der Waals surface area contributed by atoms with Crippen LogP contribution in [0.2, 0.25) is 0 Å². The standard InChI is InChI=1S/C24H31N5O2.HI/c1-2-25-24(28-16-20-9-12-22(26-15-20)31-17-19-5-6-19)27-14-18-7-10-21(11-8-18)29-13-3-4-23(29)30;/h7-12,15,19H,2-6,13-14,16-17H2,1H3,(H2,25,27,28);1H. The number of halogens is 1. The Kier molecular flexibility index (Phi) is 9.13. The van der Waals surface area contributed by atoms with Crippen molar-refractivity contribution in [1.29, 1.82) is 0 Å².